The number of benzene rings is 1. The zero-order valence-electron chi connectivity index (χ0n) is 9.41. The Morgan fingerprint density at radius 1 is 1.05 bits per heavy atom. The summed E-state index contributed by atoms with van der Waals surface area (Å²) in [4.78, 5) is 13.8. The summed E-state index contributed by atoms with van der Waals surface area (Å²) < 4.78 is 51.7. The quantitative estimate of drug-likeness (QED) is 0.472. The lowest BCUT2D eigenvalue weighted by Gasteiger charge is -2.12. The first kappa shape index (κ1) is 13.2. The molecule has 0 aliphatic rings. The van der Waals surface area contributed by atoms with Gasteiger partial charge in [-0.15, -0.1) is 0 Å². The van der Waals surface area contributed by atoms with Crippen molar-refractivity contribution in [3.05, 3.63) is 53.5 Å². The van der Waals surface area contributed by atoms with Gasteiger partial charge in [-0.3, -0.25) is 4.79 Å². The van der Waals surface area contributed by atoms with Gasteiger partial charge >= 0.3 is 6.18 Å². The van der Waals surface area contributed by atoms with Gasteiger partial charge in [0.05, 0.1) is 16.8 Å². The van der Waals surface area contributed by atoms with E-state index in [0.717, 1.165) is 12.1 Å². The second-order valence-electron chi connectivity index (χ2n) is 3.74. The van der Waals surface area contributed by atoms with Crippen molar-refractivity contribution < 1.29 is 22.4 Å². The van der Waals surface area contributed by atoms with Gasteiger partial charge in [-0.25, -0.2) is 4.98 Å². The maximum Gasteiger partial charge on any atom is 0.417 e. The minimum absolute atomic E-state index is 0.170. The predicted octanol–water partition coefficient (Wildman–Crippen LogP) is 3.72. The van der Waals surface area contributed by atoms with E-state index in [1.165, 1.54) is 24.3 Å². The Labute approximate surface area is 105 Å². The fourth-order valence-electron chi connectivity index (χ4n) is 1.64. The third kappa shape index (κ3) is 2.62. The third-order valence-corrected chi connectivity index (χ3v) is 2.51. The number of nitrogens with zero attached hydrogens (tertiary/aromatic N) is 1. The SMILES string of the molecule is O=Cc1ccc(-c2ccccc2C(F)(F)F)nc1F. The molecule has 0 saturated carbocycles. The van der Waals surface area contributed by atoms with E-state index in [2.05, 4.69) is 4.98 Å². The fourth-order valence-corrected chi connectivity index (χ4v) is 1.64. The van der Waals surface area contributed by atoms with Gasteiger partial charge in [0, 0.05) is 5.56 Å². The summed E-state index contributed by atoms with van der Waals surface area (Å²) in [7, 11) is 0. The van der Waals surface area contributed by atoms with Crippen LogP contribution in [0.25, 0.3) is 11.3 Å². The van der Waals surface area contributed by atoms with E-state index < -0.39 is 17.7 Å². The van der Waals surface area contributed by atoms with E-state index >= 15 is 0 Å². The Bertz CT molecular complexity index is 622. The van der Waals surface area contributed by atoms with Gasteiger partial charge in [-0.2, -0.15) is 17.6 Å². The highest BCUT2D eigenvalue weighted by Gasteiger charge is 2.33. The minimum Gasteiger partial charge on any atom is -0.298 e. The second-order valence-corrected chi connectivity index (χ2v) is 3.74. The van der Waals surface area contributed by atoms with Crippen molar-refractivity contribution in [2.24, 2.45) is 0 Å². The van der Waals surface area contributed by atoms with E-state index in [1.807, 2.05) is 0 Å². The molecule has 6 heteroatoms. The standard InChI is InChI=1S/C13H7F4NO/c14-12-8(7-19)5-6-11(18-12)9-3-1-2-4-10(9)13(15,16)17/h1-7H. The average molecular weight is 269 g/mol. The van der Waals surface area contributed by atoms with Crippen molar-refractivity contribution in [1.29, 1.82) is 0 Å². The van der Waals surface area contributed by atoms with Crippen LogP contribution in [-0.4, -0.2) is 11.3 Å². The van der Waals surface area contributed by atoms with E-state index in [1.54, 1.807) is 0 Å². The van der Waals surface area contributed by atoms with Gasteiger partial charge in [0.1, 0.15) is 0 Å². The van der Waals surface area contributed by atoms with Crippen LogP contribution in [0.2, 0.25) is 0 Å². The summed E-state index contributed by atoms with van der Waals surface area (Å²) >= 11 is 0. The molecule has 1 aromatic heterocycles. The molecule has 19 heavy (non-hydrogen) atoms. The molecular weight excluding hydrogens is 262 g/mol. The molecule has 0 radical (unpaired) electrons. The third-order valence-electron chi connectivity index (χ3n) is 2.51. The Kier molecular flexibility index (Phi) is 3.33. The van der Waals surface area contributed by atoms with Crippen LogP contribution in [0.4, 0.5) is 17.6 Å². The van der Waals surface area contributed by atoms with E-state index in [9.17, 15) is 22.4 Å². The van der Waals surface area contributed by atoms with Crippen LogP contribution in [-0.2, 0) is 6.18 Å². The summed E-state index contributed by atoms with van der Waals surface area (Å²) in [6.45, 7) is 0. The molecule has 0 aliphatic heterocycles. The van der Waals surface area contributed by atoms with Crippen LogP contribution in [0.5, 0.6) is 0 Å². The normalized spacial score (nSPS) is 11.4. The van der Waals surface area contributed by atoms with Crippen molar-refractivity contribution in [1.82, 2.24) is 4.98 Å². The smallest absolute Gasteiger partial charge is 0.298 e. The molecule has 0 aliphatic carbocycles. The molecule has 0 bridgehead atoms. The lowest BCUT2D eigenvalue weighted by atomic mass is 10.0. The van der Waals surface area contributed by atoms with Crippen LogP contribution in [0.15, 0.2) is 36.4 Å². The predicted molar refractivity (Wildman–Crippen MR) is 60.0 cm³/mol. The number of halogens is 4. The number of carbonyl (C=O) groups is 1. The van der Waals surface area contributed by atoms with Gasteiger partial charge in [0.15, 0.2) is 6.29 Å². The highest BCUT2D eigenvalue weighted by atomic mass is 19.4. The number of rotatable bonds is 2. The van der Waals surface area contributed by atoms with Gasteiger partial charge in [-0.1, -0.05) is 18.2 Å². The van der Waals surface area contributed by atoms with Gasteiger partial charge in [-0.05, 0) is 18.2 Å². The maximum absolute atomic E-state index is 13.3. The molecule has 0 unspecified atom stereocenters. The molecule has 1 aromatic carbocycles. The highest BCUT2D eigenvalue weighted by molar-refractivity contribution is 5.76. The van der Waals surface area contributed by atoms with E-state index in [4.69, 9.17) is 0 Å². The number of alkyl halides is 3. The number of carbonyl (C=O) groups excluding carboxylic acids is 1. The monoisotopic (exact) mass is 269 g/mol. The number of hydrogen-bond acceptors (Lipinski definition) is 2. The molecule has 0 saturated heterocycles. The van der Waals surface area contributed by atoms with Crippen molar-refractivity contribution >= 4 is 6.29 Å². The first-order chi connectivity index (χ1) is 8.93. The molecule has 2 nitrogen and oxygen atoms in total. The van der Waals surface area contributed by atoms with Crippen LogP contribution >= 0.6 is 0 Å². The Balaban J connectivity index is 2.60. The molecular formula is C13H7F4NO. The van der Waals surface area contributed by atoms with Gasteiger partial charge in [0.25, 0.3) is 0 Å². The molecule has 0 amide bonds. The van der Waals surface area contributed by atoms with Crippen LogP contribution in [0, 0.1) is 5.95 Å². The first-order valence-electron chi connectivity index (χ1n) is 5.22. The first-order valence-corrected chi connectivity index (χ1v) is 5.22. The van der Waals surface area contributed by atoms with Crippen LogP contribution in [0.1, 0.15) is 15.9 Å². The lowest BCUT2D eigenvalue weighted by Crippen LogP contribution is -2.07. The Morgan fingerprint density at radius 3 is 2.32 bits per heavy atom. The largest absolute Gasteiger partial charge is 0.417 e. The second kappa shape index (κ2) is 4.79. The van der Waals surface area contributed by atoms with Crippen LogP contribution < -0.4 is 0 Å². The highest BCUT2D eigenvalue weighted by Crippen LogP contribution is 2.36. The lowest BCUT2D eigenvalue weighted by molar-refractivity contribution is -0.137. The van der Waals surface area contributed by atoms with Crippen molar-refractivity contribution in [3.63, 3.8) is 0 Å². The molecule has 98 valence electrons. The minimum atomic E-state index is -4.56. The van der Waals surface area contributed by atoms with Crippen LogP contribution in [0.3, 0.4) is 0 Å². The fraction of sp³-hybridized carbons (Fsp3) is 0.0769. The van der Waals surface area contributed by atoms with Gasteiger partial charge < -0.3 is 0 Å². The number of pyridine rings is 1. The summed E-state index contributed by atoms with van der Waals surface area (Å²) in [6, 6.07) is 7.00. The molecule has 2 rings (SSSR count). The molecule has 0 fully saturated rings. The molecule has 0 N–H and O–H groups in total. The van der Waals surface area contributed by atoms with Gasteiger partial charge in [0.2, 0.25) is 5.95 Å². The Hall–Kier alpha value is -2.24. The summed E-state index contributed by atoms with van der Waals surface area (Å²) in [5.41, 5.74) is -1.60. The number of aromatic nitrogens is 1. The van der Waals surface area contributed by atoms with Crippen molar-refractivity contribution in [3.8, 4) is 11.3 Å². The van der Waals surface area contributed by atoms with Crippen molar-refractivity contribution in [2.75, 3.05) is 0 Å². The maximum atomic E-state index is 13.3. The summed E-state index contributed by atoms with van der Waals surface area (Å²) in [6.07, 6.45) is -4.31. The summed E-state index contributed by atoms with van der Waals surface area (Å²) in [5, 5.41) is 0. The topological polar surface area (TPSA) is 30.0 Å². The summed E-state index contributed by atoms with van der Waals surface area (Å²) in [5.74, 6) is -1.09. The van der Waals surface area contributed by atoms with E-state index in [0.29, 0.717) is 0 Å². The molecule has 0 atom stereocenters. The number of hydrogen-bond donors (Lipinski definition) is 0. The zero-order chi connectivity index (χ0) is 14.0. The Morgan fingerprint density at radius 2 is 1.74 bits per heavy atom. The molecule has 2 aromatic rings. The average Bonchev–Trinajstić information content (AvgIpc) is 2.37. The zero-order valence-corrected chi connectivity index (χ0v) is 9.41. The van der Waals surface area contributed by atoms with Crippen molar-refractivity contribution in [2.45, 2.75) is 6.18 Å². The molecule has 0 spiro atoms. The molecule has 1 heterocycles. The number of aldehydes is 1. The van der Waals surface area contributed by atoms with E-state index in [-0.39, 0.29) is 23.1 Å².